The Balaban J connectivity index is 1.50. The van der Waals surface area contributed by atoms with Crippen LogP contribution in [-0.2, 0) is 11.2 Å². The first kappa shape index (κ1) is 19.2. The van der Waals surface area contributed by atoms with Gasteiger partial charge in [0.15, 0.2) is 5.16 Å². The Morgan fingerprint density at radius 3 is 2.67 bits per heavy atom. The van der Waals surface area contributed by atoms with E-state index in [1.54, 1.807) is 6.33 Å². The van der Waals surface area contributed by atoms with Gasteiger partial charge < -0.3 is 5.32 Å². The zero-order chi connectivity index (χ0) is 19.1. The van der Waals surface area contributed by atoms with E-state index in [-0.39, 0.29) is 11.9 Å². The fourth-order valence-electron chi connectivity index (χ4n) is 2.87. The molecule has 1 aromatic heterocycles. The third-order valence-electron chi connectivity index (χ3n) is 4.34. The van der Waals surface area contributed by atoms with Crippen molar-refractivity contribution < 1.29 is 4.79 Å². The van der Waals surface area contributed by atoms with Crippen LogP contribution in [-0.4, -0.2) is 32.5 Å². The lowest BCUT2D eigenvalue weighted by molar-refractivity contribution is -0.119. The number of benzene rings is 2. The molecule has 0 bridgehead atoms. The maximum absolute atomic E-state index is 12.3. The minimum absolute atomic E-state index is 0.0138. The Kier molecular flexibility index (Phi) is 6.65. The lowest BCUT2D eigenvalue weighted by Crippen LogP contribution is -2.34. The summed E-state index contributed by atoms with van der Waals surface area (Å²) in [4.78, 5) is 12.3. The van der Waals surface area contributed by atoms with Crippen LogP contribution in [0.1, 0.15) is 24.5 Å². The molecule has 5 nitrogen and oxygen atoms in total. The number of hydrogen-bond acceptors (Lipinski definition) is 4. The average molecular weight is 381 g/mol. The molecule has 3 aromatic rings. The van der Waals surface area contributed by atoms with Crippen LogP contribution in [0.15, 0.2) is 66.1 Å². The molecule has 6 heteroatoms. The Labute approximate surface area is 164 Å². The molecule has 0 spiro atoms. The van der Waals surface area contributed by atoms with Gasteiger partial charge in [-0.15, -0.1) is 10.2 Å². The summed E-state index contributed by atoms with van der Waals surface area (Å²) in [6.45, 7) is 4.09. The standard InChI is InChI=1S/C21H24N4OS/c1-16-8-6-7-11-19(16)25-15-22-24-21(25)27-14-20(26)23-17(2)12-13-18-9-4-3-5-10-18/h3-11,15,17H,12-14H2,1-2H3,(H,23,26)/t17-/m1/s1. The number of rotatable bonds is 8. The fraction of sp³-hybridized carbons (Fsp3) is 0.286. The maximum atomic E-state index is 12.3. The number of aromatic nitrogens is 3. The third-order valence-corrected chi connectivity index (χ3v) is 5.28. The number of nitrogens with one attached hydrogen (secondary N) is 1. The van der Waals surface area contributed by atoms with Crippen molar-refractivity contribution in [1.82, 2.24) is 20.1 Å². The van der Waals surface area contributed by atoms with Gasteiger partial charge in [0, 0.05) is 6.04 Å². The maximum Gasteiger partial charge on any atom is 0.230 e. The molecule has 2 aromatic carbocycles. The summed E-state index contributed by atoms with van der Waals surface area (Å²) in [6.07, 6.45) is 3.56. The van der Waals surface area contributed by atoms with Crippen molar-refractivity contribution >= 4 is 17.7 Å². The molecule has 140 valence electrons. The Morgan fingerprint density at radius 2 is 1.89 bits per heavy atom. The van der Waals surface area contributed by atoms with Crippen LogP contribution in [0.5, 0.6) is 0 Å². The van der Waals surface area contributed by atoms with Crippen molar-refractivity contribution in [1.29, 1.82) is 0 Å². The molecule has 0 radical (unpaired) electrons. The van der Waals surface area contributed by atoms with Crippen LogP contribution in [0, 0.1) is 6.92 Å². The zero-order valence-electron chi connectivity index (χ0n) is 15.6. The van der Waals surface area contributed by atoms with E-state index in [2.05, 4.69) is 27.6 Å². The second kappa shape index (κ2) is 9.37. The molecule has 1 heterocycles. The van der Waals surface area contributed by atoms with E-state index in [9.17, 15) is 4.79 Å². The highest BCUT2D eigenvalue weighted by molar-refractivity contribution is 7.99. The predicted octanol–water partition coefficient (Wildman–Crippen LogP) is 3.81. The molecule has 3 rings (SSSR count). The highest BCUT2D eigenvalue weighted by Gasteiger charge is 2.13. The fourth-order valence-corrected chi connectivity index (χ4v) is 3.60. The zero-order valence-corrected chi connectivity index (χ0v) is 16.4. The topological polar surface area (TPSA) is 59.8 Å². The molecule has 1 N–H and O–H groups in total. The monoisotopic (exact) mass is 380 g/mol. The van der Waals surface area contributed by atoms with Crippen LogP contribution < -0.4 is 5.32 Å². The minimum Gasteiger partial charge on any atom is -0.353 e. The highest BCUT2D eigenvalue weighted by atomic mass is 32.2. The molecule has 0 saturated carbocycles. The van der Waals surface area contributed by atoms with Gasteiger partial charge >= 0.3 is 0 Å². The highest BCUT2D eigenvalue weighted by Crippen LogP contribution is 2.21. The lowest BCUT2D eigenvalue weighted by atomic mass is 10.1. The summed E-state index contributed by atoms with van der Waals surface area (Å²) in [6, 6.07) is 18.5. The van der Waals surface area contributed by atoms with Gasteiger partial charge in [-0.1, -0.05) is 60.3 Å². The number of amides is 1. The molecule has 0 aliphatic carbocycles. The average Bonchev–Trinajstić information content (AvgIpc) is 3.14. The summed E-state index contributed by atoms with van der Waals surface area (Å²) in [5.41, 5.74) is 3.46. The van der Waals surface area contributed by atoms with Gasteiger partial charge in [0.05, 0.1) is 11.4 Å². The van der Waals surface area contributed by atoms with Crippen LogP contribution in [0.3, 0.4) is 0 Å². The van der Waals surface area contributed by atoms with Crippen LogP contribution in [0.2, 0.25) is 0 Å². The number of hydrogen-bond donors (Lipinski definition) is 1. The predicted molar refractivity (Wildman–Crippen MR) is 109 cm³/mol. The van der Waals surface area contributed by atoms with Crippen molar-refractivity contribution in [3.05, 3.63) is 72.1 Å². The van der Waals surface area contributed by atoms with E-state index >= 15 is 0 Å². The van der Waals surface area contributed by atoms with Crippen molar-refractivity contribution in [2.45, 2.75) is 37.9 Å². The van der Waals surface area contributed by atoms with Gasteiger partial charge in [-0.25, -0.2) is 0 Å². The number of nitrogens with zero attached hydrogens (tertiary/aromatic N) is 3. The summed E-state index contributed by atoms with van der Waals surface area (Å²) in [7, 11) is 0. The largest absolute Gasteiger partial charge is 0.353 e. The summed E-state index contributed by atoms with van der Waals surface area (Å²) in [5.74, 6) is 0.333. The molecule has 27 heavy (non-hydrogen) atoms. The number of thioether (sulfide) groups is 1. The molecule has 0 fully saturated rings. The minimum atomic E-state index is 0.0138. The first-order valence-electron chi connectivity index (χ1n) is 9.05. The number of carbonyl (C=O) groups excluding carboxylic acids is 1. The summed E-state index contributed by atoms with van der Waals surface area (Å²) >= 11 is 1.40. The van der Waals surface area contributed by atoms with Crippen LogP contribution in [0.25, 0.3) is 5.69 Å². The van der Waals surface area contributed by atoms with Crippen LogP contribution in [0.4, 0.5) is 0 Å². The van der Waals surface area contributed by atoms with Gasteiger partial charge in [-0.3, -0.25) is 9.36 Å². The molecular weight excluding hydrogens is 356 g/mol. The van der Waals surface area contributed by atoms with Crippen molar-refractivity contribution in [2.75, 3.05) is 5.75 Å². The Morgan fingerprint density at radius 1 is 1.15 bits per heavy atom. The number of aryl methyl sites for hydroxylation is 2. The second-order valence-corrected chi connectivity index (χ2v) is 7.49. The SMILES string of the molecule is Cc1ccccc1-n1cnnc1SCC(=O)N[C@H](C)CCc1ccccc1. The van der Waals surface area contributed by atoms with Crippen molar-refractivity contribution in [3.63, 3.8) is 0 Å². The molecular formula is C21H24N4OS. The normalized spacial score (nSPS) is 11.9. The Bertz CT molecular complexity index is 879. The van der Waals surface area contributed by atoms with Gasteiger partial charge in [0.2, 0.25) is 5.91 Å². The van der Waals surface area contributed by atoms with E-state index in [0.717, 1.165) is 29.2 Å². The molecule has 1 atom stereocenters. The third kappa shape index (κ3) is 5.44. The van der Waals surface area contributed by atoms with Crippen LogP contribution >= 0.6 is 11.8 Å². The van der Waals surface area contributed by atoms with Crippen molar-refractivity contribution in [2.24, 2.45) is 0 Å². The summed E-state index contributed by atoms with van der Waals surface area (Å²) < 4.78 is 1.92. The molecule has 0 saturated heterocycles. The quantitative estimate of drug-likeness (QED) is 0.604. The number of para-hydroxylation sites is 1. The summed E-state index contributed by atoms with van der Waals surface area (Å²) in [5, 5.41) is 11.9. The van der Waals surface area contributed by atoms with Gasteiger partial charge in [0.1, 0.15) is 6.33 Å². The number of carbonyl (C=O) groups is 1. The first-order chi connectivity index (χ1) is 13.1. The van der Waals surface area contributed by atoms with E-state index < -0.39 is 0 Å². The van der Waals surface area contributed by atoms with Gasteiger partial charge in [0.25, 0.3) is 0 Å². The molecule has 0 aliphatic heterocycles. The van der Waals surface area contributed by atoms with E-state index in [1.165, 1.54) is 17.3 Å². The molecule has 0 aliphatic rings. The van der Waals surface area contributed by atoms with Crippen molar-refractivity contribution in [3.8, 4) is 5.69 Å². The van der Waals surface area contributed by atoms with E-state index in [1.807, 2.05) is 60.9 Å². The smallest absolute Gasteiger partial charge is 0.230 e. The Hall–Kier alpha value is -2.60. The second-order valence-electron chi connectivity index (χ2n) is 6.55. The van der Waals surface area contributed by atoms with E-state index in [0.29, 0.717) is 5.75 Å². The van der Waals surface area contributed by atoms with E-state index in [4.69, 9.17) is 0 Å². The van der Waals surface area contributed by atoms with Gasteiger partial charge in [-0.2, -0.15) is 0 Å². The molecule has 0 unspecified atom stereocenters. The van der Waals surface area contributed by atoms with Gasteiger partial charge in [-0.05, 0) is 43.9 Å². The molecule has 1 amide bonds. The first-order valence-corrected chi connectivity index (χ1v) is 10.0. The lowest BCUT2D eigenvalue weighted by Gasteiger charge is -2.14.